The van der Waals surface area contributed by atoms with Gasteiger partial charge < -0.3 is 26.7 Å². The normalized spacial score (nSPS) is 10.9. The first-order chi connectivity index (χ1) is 31.3. The molecule has 0 radical (unpaired) electrons. The number of carboxylic acid groups (broad SMARTS) is 1. The molecule has 0 aromatic heterocycles. The Balaban J connectivity index is 0.000000281. The number of carbonyl (C=O) groups excluding carboxylic acids is 3. The van der Waals surface area contributed by atoms with E-state index in [-0.39, 0.29) is 17.3 Å². The van der Waals surface area contributed by atoms with Crippen LogP contribution < -0.4 is 21.9 Å². The van der Waals surface area contributed by atoms with Crippen LogP contribution in [0.4, 0.5) is 0 Å². The molecule has 7 heteroatoms. The Morgan fingerprint density at radius 3 is 1.33 bits per heavy atom. The molecule has 0 saturated carbocycles. The highest BCUT2D eigenvalue weighted by molar-refractivity contribution is 6.37. The molecule has 9 aromatic carbocycles. The van der Waals surface area contributed by atoms with E-state index < -0.39 is 5.97 Å². The van der Waals surface area contributed by atoms with E-state index >= 15 is 0 Å². The van der Waals surface area contributed by atoms with E-state index in [0.717, 1.165) is 93.2 Å². The van der Waals surface area contributed by atoms with Gasteiger partial charge in [0.05, 0.1) is 19.1 Å². The van der Waals surface area contributed by atoms with Gasteiger partial charge in [0.15, 0.2) is 5.78 Å². The summed E-state index contributed by atoms with van der Waals surface area (Å²) in [5.41, 5.74) is 14.6. The third kappa shape index (κ3) is 10.5. The molecule has 7 N–H and O–H groups in total. The van der Waals surface area contributed by atoms with E-state index in [2.05, 4.69) is 65.3 Å². The number of aromatic carboxylic acids is 1. The second-order valence-corrected chi connectivity index (χ2v) is 16.1. The first-order valence-corrected chi connectivity index (χ1v) is 22.2. The minimum absolute atomic E-state index is 0.00762. The number of carboxylic acids is 1. The van der Waals surface area contributed by atoms with Crippen LogP contribution in [0.25, 0.3) is 43.1 Å². The highest BCUT2D eigenvalue weighted by atomic mass is 16.4. The van der Waals surface area contributed by atoms with Gasteiger partial charge in [0.25, 0.3) is 5.91 Å². The number of Topliss-reactive ketones (excluding diaryl/α,β-unsaturated/α-hetero) is 1. The summed E-state index contributed by atoms with van der Waals surface area (Å²) in [5.74, 6) is -1.55. The molecule has 0 unspecified atom stereocenters. The Bertz CT molecular complexity index is 2910. The molecule has 7 nitrogen and oxygen atoms in total. The molecule has 0 bridgehead atoms. The van der Waals surface area contributed by atoms with Gasteiger partial charge in [0.1, 0.15) is 0 Å². The fourth-order valence-electron chi connectivity index (χ4n) is 8.64. The zero-order valence-electron chi connectivity index (χ0n) is 36.6. The van der Waals surface area contributed by atoms with E-state index in [9.17, 15) is 19.5 Å². The van der Waals surface area contributed by atoms with Crippen LogP contribution in [0.15, 0.2) is 170 Å². The van der Waals surface area contributed by atoms with Crippen molar-refractivity contribution in [3.05, 3.63) is 214 Å². The molecular formula is C57H56N3O4+. The lowest BCUT2D eigenvalue weighted by molar-refractivity contribution is -0.367. The van der Waals surface area contributed by atoms with Crippen molar-refractivity contribution >= 4 is 60.7 Å². The summed E-state index contributed by atoms with van der Waals surface area (Å²) >= 11 is 0. The fraction of sp³-hybridized carbons (Fsp3) is 0.175. The van der Waals surface area contributed by atoms with Gasteiger partial charge in [-0.3, -0.25) is 9.59 Å². The maximum absolute atomic E-state index is 13.7. The molecule has 64 heavy (non-hydrogen) atoms. The summed E-state index contributed by atoms with van der Waals surface area (Å²) in [4.78, 5) is 39.7. The SMILES string of the molecule is Cc1ccc2c3ccc(C(=O)CCCc4ccccc4)c4c(C(=O)[O-])ccc(c5ccc(C(=O)NCCc6ccccc6)c1c52)c43.[NH3+]CCc1ccccc1.[NH3+]CCc1ccccc1. The van der Waals surface area contributed by atoms with Crippen LogP contribution in [0, 0.1) is 6.92 Å². The molecule has 9 aromatic rings. The third-order valence-corrected chi connectivity index (χ3v) is 11.7. The highest BCUT2D eigenvalue weighted by Crippen LogP contribution is 2.44. The highest BCUT2D eigenvalue weighted by Gasteiger charge is 2.23. The number of quaternary nitrogens is 2. The molecule has 0 fully saturated rings. The number of aryl methyl sites for hydroxylation is 2. The quantitative estimate of drug-likeness (QED) is 0.0573. The van der Waals surface area contributed by atoms with Gasteiger partial charge in [-0.2, -0.15) is 0 Å². The van der Waals surface area contributed by atoms with Crippen molar-refractivity contribution in [2.75, 3.05) is 19.6 Å². The molecule has 0 aliphatic heterocycles. The van der Waals surface area contributed by atoms with Crippen molar-refractivity contribution in [3.8, 4) is 0 Å². The molecule has 1 amide bonds. The number of ketones is 1. The summed E-state index contributed by atoms with van der Waals surface area (Å²) in [5, 5.41) is 22.0. The number of amides is 1. The minimum Gasteiger partial charge on any atom is -0.545 e. The first kappa shape index (κ1) is 44.9. The number of benzene rings is 9. The van der Waals surface area contributed by atoms with Crippen molar-refractivity contribution in [2.45, 2.75) is 45.4 Å². The summed E-state index contributed by atoms with van der Waals surface area (Å²) in [6.45, 7) is 4.50. The van der Waals surface area contributed by atoms with Crippen LogP contribution in [0.2, 0.25) is 0 Å². The molecule has 0 aliphatic rings. The number of hydrogen-bond donors (Lipinski definition) is 3. The Morgan fingerprint density at radius 2 is 0.859 bits per heavy atom. The Labute approximate surface area is 375 Å². The van der Waals surface area contributed by atoms with Crippen LogP contribution in [-0.4, -0.2) is 37.3 Å². The van der Waals surface area contributed by atoms with Gasteiger partial charge in [-0.25, -0.2) is 0 Å². The number of rotatable bonds is 14. The van der Waals surface area contributed by atoms with Crippen molar-refractivity contribution < 1.29 is 31.0 Å². The molecule has 0 aliphatic carbocycles. The monoisotopic (exact) mass is 846 g/mol. The predicted octanol–water partition coefficient (Wildman–Crippen LogP) is 8.53. The summed E-state index contributed by atoms with van der Waals surface area (Å²) in [7, 11) is 0. The maximum atomic E-state index is 13.7. The van der Waals surface area contributed by atoms with Crippen LogP contribution in [0.3, 0.4) is 0 Å². The molecule has 0 spiro atoms. The lowest BCUT2D eigenvalue weighted by Gasteiger charge is -2.20. The van der Waals surface area contributed by atoms with E-state index in [0.29, 0.717) is 35.9 Å². The van der Waals surface area contributed by atoms with E-state index in [1.165, 1.54) is 11.1 Å². The Kier molecular flexibility index (Phi) is 15.2. The number of nitrogens with one attached hydrogen (secondary N) is 1. The van der Waals surface area contributed by atoms with Gasteiger partial charge in [0, 0.05) is 47.9 Å². The van der Waals surface area contributed by atoms with Crippen LogP contribution in [0.5, 0.6) is 0 Å². The van der Waals surface area contributed by atoms with Crippen LogP contribution in [0.1, 0.15) is 71.7 Å². The number of carbonyl (C=O) groups is 3. The molecule has 9 rings (SSSR count). The first-order valence-electron chi connectivity index (χ1n) is 22.2. The minimum atomic E-state index is -1.32. The zero-order chi connectivity index (χ0) is 44.8. The zero-order valence-corrected chi connectivity index (χ0v) is 36.6. The second kappa shape index (κ2) is 21.7. The summed E-state index contributed by atoms with van der Waals surface area (Å²) in [6.07, 6.45) is 4.65. The fourth-order valence-corrected chi connectivity index (χ4v) is 8.64. The lowest BCUT2D eigenvalue weighted by Crippen LogP contribution is -2.51. The van der Waals surface area contributed by atoms with Gasteiger partial charge >= 0.3 is 0 Å². The molecule has 322 valence electrons. The van der Waals surface area contributed by atoms with E-state index in [4.69, 9.17) is 0 Å². The second-order valence-electron chi connectivity index (χ2n) is 16.1. The third-order valence-electron chi connectivity index (χ3n) is 11.7. The predicted molar refractivity (Wildman–Crippen MR) is 259 cm³/mol. The van der Waals surface area contributed by atoms with Gasteiger partial charge in [-0.1, -0.05) is 164 Å². The number of fused-ring (bicyclic) bond motifs is 2. The summed E-state index contributed by atoms with van der Waals surface area (Å²) < 4.78 is 0. The molecule has 0 saturated heterocycles. The lowest BCUT2D eigenvalue weighted by atomic mass is 9.83. The van der Waals surface area contributed by atoms with Gasteiger partial charge in [-0.05, 0) is 97.8 Å². The van der Waals surface area contributed by atoms with Gasteiger partial charge in [-0.15, -0.1) is 0 Å². The standard InChI is InChI=1S/C41H33NO4.2C8H11N/c1-25-15-16-28-30-17-20-32(35(43)14-8-13-26-9-4-2-5-10-26)39-34(41(45)46)22-19-31(38(30)39)29-18-21-33(36(25)37(28)29)40(44)42-24-23-27-11-6-3-7-12-27;2*9-7-6-8-4-2-1-3-5-8/h2-7,9-12,15-22H,8,13-14,23-24H2,1H3,(H,42,44)(H,45,46);2*1-5H,6-7,9H2/p+1. The van der Waals surface area contributed by atoms with Crippen molar-refractivity contribution in [1.29, 1.82) is 0 Å². The molecule has 0 atom stereocenters. The summed E-state index contributed by atoms with van der Waals surface area (Å²) in [6, 6.07) is 55.8. The molecular weight excluding hydrogens is 791 g/mol. The Morgan fingerprint density at radius 1 is 0.453 bits per heavy atom. The van der Waals surface area contributed by atoms with Crippen molar-refractivity contribution in [2.24, 2.45) is 0 Å². The van der Waals surface area contributed by atoms with Gasteiger partial charge in [0.2, 0.25) is 0 Å². The maximum Gasteiger partial charge on any atom is 0.251 e. The topological polar surface area (TPSA) is 142 Å². The van der Waals surface area contributed by atoms with Crippen molar-refractivity contribution in [3.63, 3.8) is 0 Å². The molecule has 0 heterocycles. The smallest absolute Gasteiger partial charge is 0.251 e. The Hall–Kier alpha value is -7.19. The van der Waals surface area contributed by atoms with E-state index in [1.54, 1.807) is 18.2 Å². The van der Waals surface area contributed by atoms with E-state index in [1.807, 2.05) is 110 Å². The largest absolute Gasteiger partial charge is 0.545 e. The number of hydrogen-bond acceptors (Lipinski definition) is 4. The van der Waals surface area contributed by atoms with Crippen LogP contribution >= 0.6 is 0 Å². The average Bonchev–Trinajstić information content (AvgIpc) is 3.32. The average molecular weight is 847 g/mol. The van der Waals surface area contributed by atoms with Crippen LogP contribution in [-0.2, 0) is 25.7 Å². The van der Waals surface area contributed by atoms with Crippen molar-refractivity contribution in [1.82, 2.24) is 5.32 Å².